The SMILES string of the molecule is N#Cc1ccc(CNS(=O)(=O)c2ccc(C#N)nc2)cc1. The summed E-state index contributed by atoms with van der Waals surface area (Å²) < 4.78 is 26.5. The van der Waals surface area contributed by atoms with Gasteiger partial charge in [0.05, 0.1) is 11.6 Å². The second kappa shape index (κ2) is 6.14. The molecule has 0 aliphatic heterocycles. The molecule has 1 N–H and O–H groups in total. The van der Waals surface area contributed by atoms with Gasteiger partial charge in [0.1, 0.15) is 16.7 Å². The van der Waals surface area contributed by atoms with Gasteiger partial charge in [-0.2, -0.15) is 10.5 Å². The van der Waals surface area contributed by atoms with Crippen molar-refractivity contribution in [1.29, 1.82) is 10.5 Å². The third-order valence-corrected chi connectivity index (χ3v) is 4.10. The van der Waals surface area contributed by atoms with Gasteiger partial charge in [-0.3, -0.25) is 0 Å². The van der Waals surface area contributed by atoms with Crippen LogP contribution in [0.4, 0.5) is 0 Å². The number of aromatic nitrogens is 1. The van der Waals surface area contributed by atoms with E-state index in [-0.39, 0.29) is 17.1 Å². The minimum Gasteiger partial charge on any atom is -0.244 e. The maximum atomic E-state index is 12.0. The summed E-state index contributed by atoms with van der Waals surface area (Å²) in [6, 6.07) is 13.1. The first-order valence-corrected chi connectivity index (χ1v) is 7.38. The minimum atomic E-state index is -3.69. The largest absolute Gasteiger partial charge is 0.244 e. The molecular formula is C14H10N4O2S. The first kappa shape index (κ1) is 14.7. The lowest BCUT2D eigenvalue weighted by Gasteiger charge is -2.06. The summed E-state index contributed by atoms with van der Waals surface area (Å²) in [5.74, 6) is 0. The van der Waals surface area contributed by atoms with E-state index in [4.69, 9.17) is 10.5 Å². The van der Waals surface area contributed by atoms with Crippen molar-refractivity contribution in [3.05, 3.63) is 59.4 Å². The lowest BCUT2D eigenvalue weighted by molar-refractivity contribution is 0.581. The minimum absolute atomic E-state index is 0.00450. The van der Waals surface area contributed by atoms with Crippen LogP contribution in [0.1, 0.15) is 16.8 Å². The molecule has 0 aliphatic rings. The lowest BCUT2D eigenvalue weighted by Crippen LogP contribution is -2.23. The highest BCUT2D eigenvalue weighted by atomic mass is 32.2. The van der Waals surface area contributed by atoms with Crippen LogP contribution < -0.4 is 4.72 Å². The van der Waals surface area contributed by atoms with Gasteiger partial charge in [0.2, 0.25) is 10.0 Å². The maximum absolute atomic E-state index is 12.0. The standard InChI is InChI=1S/C14H10N4O2S/c15-7-11-1-3-12(4-2-11)9-18-21(19,20)14-6-5-13(8-16)17-10-14/h1-6,10,18H,9H2. The van der Waals surface area contributed by atoms with Crippen molar-refractivity contribution >= 4 is 10.0 Å². The Hall–Kier alpha value is -2.74. The van der Waals surface area contributed by atoms with Gasteiger partial charge in [0.25, 0.3) is 0 Å². The van der Waals surface area contributed by atoms with Crippen molar-refractivity contribution in [2.45, 2.75) is 11.4 Å². The number of rotatable bonds is 4. The van der Waals surface area contributed by atoms with Gasteiger partial charge < -0.3 is 0 Å². The van der Waals surface area contributed by atoms with Crippen molar-refractivity contribution < 1.29 is 8.42 Å². The molecule has 2 aromatic rings. The number of hydrogen-bond acceptors (Lipinski definition) is 5. The average Bonchev–Trinajstić information content (AvgIpc) is 2.53. The summed E-state index contributed by atoms with van der Waals surface area (Å²) in [5.41, 5.74) is 1.40. The van der Waals surface area contributed by atoms with Crippen LogP contribution in [0.3, 0.4) is 0 Å². The van der Waals surface area contributed by atoms with Crippen LogP contribution >= 0.6 is 0 Å². The number of nitrogens with one attached hydrogen (secondary N) is 1. The quantitative estimate of drug-likeness (QED) is 0.915. The van der Waals surface area contributed by atoms with E-state index in [1.165, 1.54) is 12.1 Å². The molecule has 2 rings (SSSR count). The molecule has 0 fully saturated rings. The van der Waals surface area contributed by atoms with E-state index >= 15 is 0 Å². The fraction of sp³-hybridized carbons (Fsp3) is 0.0714. The second-order valence-corrected chi connectivity index (χ2v) is 5.89. The van der Waals surface area contributed by atoms with Gasteiger partial charge in [0.15, 0.2) is 0 Å². The monoisotopic (exact) mass is 298 g/mol. The summed E-state index contributed by atoms with van der Waals surface area (Å²) in [6.07, 6.45) is 1.14. The van der Waals surface area contributed by atoms with Gasteiger partial charge in [-0.1, -0.05) is 12.1 Å². The molecule has 0 atom stereocenters. The third kappa shape index (κ3) is 3.63. The van der Waals surface area contributed by atoms with Gasteiger partial charge in [0, 0.05) is 12.7 Å². The number of pyridine rings is 1. The van der Waals surface area contributed by atoms with Crippen molar-refractivity contribution in [1.82, 2.24) is 9.71 Å². The van der Waals surface area contributed by atoms with Crippen molar-refractivity contribution in [3.8, 4) is 12.1 Å². The molecule has 6 nitrogen and oxygen atoms in total. The van der Waals surface area contributed by atoms with E-state index in [1.807, 2.05) is 12.1 Å². The predicted octanol–water partition coefficient (Wildman–Crippen LogP) is 1.30. The Bertz CT molecular complexity index is 813. The van der Waals surface area contributed by atoms with Crippen LogP contribution in [0.2, 0.25) is 0 Å². The molecule has 0 aliphatic carbocycles. The van der Waals surface area contributed by atoms with Crippen molar-refractivity contribution in [3.63, 3.8) is 0 Å². The molecule has 104 valence electrons. The summed E-state index contributed by atoms with van der Waals surface area (Å²) in [6.45, 7) is 0.105. The van der Waals surface area contributed by atoms with Gasteiger partial charge >= 0.3 is 0 Å². The van der Waals surface area contributed by atoms with Gasteiger partial charge in [-0.15, -0.1) is 0 Å². The van der Waals surface area contributed by atoms with E-state index in [0.717, 1.165) is 11.8 Å². The summed E-state index contributed by atoms with van der Waals surface area (Å²) in [5, 5.41) is 17.3. The summed E-state index contributed by atoms with van der Waals surface area (Å²) >= 11 is 0. The van der Waals surface area contributed by atoms with Crippen LogP contribution in [-0.4, -0.2) is 13.4 Å². The molecule has 0 amide bonds. The Morgan fingerprint density at radius 3 is 2.29 bits per heavy atom. The van der Waals surface area contributed by atoms with Crippen LogP contribution in [0.15, 0.2) is 47.5 Å². The second-order valence-electron chi connectivity index (χ2n) is 4.12. The Morgan fingerprint density at radius 1 is 1.05 bits per heavy atom. The van der Waals surface area contributed by atoms with E-state index < -0.39 is 10.0 Å². The molecule has 0 saturated heterocycles. The van der Waals surface area contributed by atoms with E-state index in [2.05, 4.69) is 9.71 Å². The molecule has 1 aromatic heterocycles. The average molecular weight is 298 g/mol. The molecule has 0 bridgehead atoms. The first-order chi connectivity index (χ1) is 10.0. The number of nitriles is 2. The Labute approximate surface area is 122 Å². The molecule has 7 heteroatoms. The molecule has 0 unspecified atom stereocenters. The Morgan fingerprint density at radius 2 is 1.76 bits per heavy atom. The predicted molar refractivity (Wildman–Crippen MR) is 74.1 cm³/mol. The van der Waals surface area contributed by atoms with Crippen molar-refractivity contribution in [2.24, 2.45) is 0 Å². The van der Waals surface area contributed by atoms with E-state index in [9.17, 15) is 8.42 Å². The first-order valence-electron chi connectivity index (χ1n) is 5.90. The van der Waals surface area contributed by atoms with Crippen LogP contribution in [-0.2, 0) is 16.6 Å². The van der Waals surface area contributed by atoms with Crippen LogP contribution in [0.25, 0.3) is 0 Å². The number of sulfonamides is 1. The maximum Gasteiger partial charge on any atom is 0.242 e. The smallest absolute Gasteiger partial charge is 0.242 e. The highest BCUT2D eigenvalue weighted by molar-refractivity contribution is 7.89. The molecule has 0 spiro atoms. The van der Waals surface area contributed by atoms with Crippen molar-refractivity contribution in [2.75, 3.05) is 0 Å². The normalized spacial score (nSPS) is 10.6. The zero-order chi connectivity index (χ0) is 15.3. The van der Waals surface area contributed by atoms with Crippen LogP contribution in [0.5, 0.6) is 0 Å². The van der Waals surface area contributed by atoms with E-state index in [1.54, 1.807) is 24.3 Å². The van der Waals surface area contributed by atoms with Gasteiger partial charge in [-0.05, 0) is 29.8 Å². The number of benzene rings is 1. The third-order valence-electron chi connectivity index (χ3n) is 2.71. The molecule has 0 radical (unpaired) electrons. The summed E-state index contributed by atoms with van der Waals surface area (Å²) in [7, 11) is -3.69. The highest BCUT2D eigenvalue weighted by Gasteiger charge is 2.14. The lowest BCUT2D eigenvalue weighted by atomic mass is 10.1. The summed E-state index contributed by atoms with van der Waals surface area (Å²) in [4.78, 5) is 3.72. The number of nitrogens with zero attached hydrogens (tertiary/aromatic N) is 3. The number of hydrogen-bond donors (Lipinski definition) is 1. The molecule has 21 heavy (non-hydrogen) atoms. The highest BCUT2D eigenvalue weighted by Crippen LogP contribution is 2.09. The Balaban J connectivity index is 2.10. The van der Waals surface area contributed by atoms with Gasteiger partial charge in [-0.25, -0.2) is 18.1 Å². The zero-order valence-electron chi connectivity index (χ0n) is 10.8. The van der Waals surface area contributed by atoms with E-state index in [0.29, 0.717) is 5.56 Å². The zero-order valence-corrected chi connectivity index (χ0v) is 11.6. The molecular weight excluding hydrogens is 288 g/mol. The topological polar surface area (TPSA) is 107 Å². The van der Waals surface area contributed by atoms with Crippen LogP contribution in [0, 0.1) is 22.7 Å². The molecule has 0 saturated carbocycles. The fourth-order valence-corrected chi connectivity index (χ4v) is 2.53. The Kier molecular flexibility index (Phi) is 4.29. The molecule has 1 heterocycles. The molecule has 1 aromatic carbocycles. The fourth-order valence-electron chi connectivity index (χ4n) is 1.56.